The molecule has 22 heavy (non-hydrogen) atoms. The van der Waals surface area contributed by atoms with Crippen molar-refractivity contribution in [3.63, 3.8) is 0 Å². The summed E-state index contributed by atoms with van der Waals surface area (Å²) in [7, 11) is 1.64. The van der Waals surface area contributed by atoms with Gasteiger partial charge in [0, 0.05) is 13.0 Å². The van der Waals surface area contributed by atoms with Crippen molar-refractivity contribution in [2.45, 2.75) is 37.9 Å². The zero-order chi connectivity index (χ0) is 16.4. The van der Waals surface area contributed by atoms with E-state index in [1.165, 1.54) is 0 Å². The molecule has 1 aliphatic carbocycles. The maximum absolute atomic E-state index is 11.0. The van der Waals surface area contributed by atoms with E-state index < -0.39 is 11.2 Å². The molecule has 3 unspecified atom stereocenters. The molecule has 3 nitrogen and oxygen atoms in total. The fourth-order valence-corrected chi connectivity index (χ4v) is 3.84. The highest BCUT2D eigenvalue weighted by atomic mass is 16.5. The third kappa shape index (κ3) is 2.29. The summed E-state index contributed by atoms with van der Waals surface area (Å²) in [5.41, 5.74) is 0.736. The van der Waals surface area contributed by atoms with E-state index in [1.54, 1.807) is 19.2 Å². The summed E-state index contributed by atoms with van der Waals surface area (Å²) in [6.07, 6.45) is 5.34. The van der Waals surface area contributed by atoms with E-state index in [9.17, 15) is 5.11 Å². The monoisotopic (exact) mass is 297 g/mol. The summed E-state index contributed by atoms with van der Waals surface area (Å²) in [5.74, 6) is 0.0305. The van der Waals surface area contributed by atoms with Crippen LogP contribution in [0.3, 0.4) is 0 Å². The van der Waals surface area contributed by atoms with Gasteiger partial charge in [0.2, 0.25) is 0 Å². The Kier molecular flexibility index (Phi) is 4.55. The topological polar surface area (TPSA) is 53.2 Å². The van der Waals surface area contributed by atoms with Gasteiger partial charge in [-0.05, 0) is 50.0 Å². The zero-order valence-corrected chi connectivity index (χ0v) is 13.5. The van der Waals surface area contributed by atoms with Gasteiger partial charge in [-0.15, -0.1) is 0 Å². The second kappa shape index (κ2) is 6.08. The minimum Gasteiger partial charge on any atom is -0.387 e. The molecule has 3 heteroatoms. The van der Waals surface area contributed by atoms with Crippen molar-refractivity contribution in [1.29, 1.82) is 5.26 Å². The molecule has 1 aromatic rings. The van der Waals surface area contributed by atoms with E-state index in [0.717, 1.165) is 17.6 Å². The molecule has 1 fully saturated rings. The Labute approximate surface area is 132 Å². The number of hydrogen-bond acceptors (Lipinski definition) is 3. The van der Waals surface area contributed by atoms with Gasteiger partial charge in [0.25, 0.3) is 0 Å². The predicted octanol–water partition coefficient (Wildman–Crippen LogP) is 3.69. The van der Waals surface area contributed by atoms with Crippen molar-refractivity contribution in [1.82, 2.24) is 0 Å². The number of nitriles is 1. The van der Waals surface area contributed by atoms with Crippen LogP contribution in [-0.4, -0.2) is 17.8 Å². The Bertz CT molecular complexity index is 622. The van der Waals surface area contributed by atoms with Crippen LogP contribution in [0.15, 0.2) is 48.6 Å². The molecule has 0 radical (unpaired) electrons. The van der Waals surface area contributed by atoms with Crippen molar-refractivity contribution in [3.8, 4) is 6.07 Å². The van der Waals surface area contributed by atoms with Crippen LogP contribution in [0.1, 0.15) is 37.8 Å². The second-order valence-corrected chi connectivity index (χ2v) is 5.99. The van der Waals surface area contributed by atoms with Crippen LogP contribution in [0.4, 0.5) is 0 Å². The first-order chi connectivity index (χ1) is 10.5. The normalized spacial score (nSPS) is 31.8. The minimum absolute atomic E-state index is 0.0305. The lowest BCUT2D eigenvalue weighted by Gasteiger charge is -2.43. The number of benzene rings is 1. The van der Waals surface area contributed by atoms with E-state index in [0.29, 0.717) is 12.0 Å². The highest BCUT2D eigenvalue weighted by Crippen LogP contribution is 2.55. The number of nitrogens with zero attached hydrogens (tertiary/aromatic N) is 1. The van der Waals surface area contributed by atoms with E-state index >= 15 is 0 Å². The Hall–Kier alpha value is -1.89. The Morgan fingerprint density at radius 2 is 2.09 bits per heavy atom. The fourth-order valence-electron chi connectivity index (χ4n) is 3.84. The van der Waals surface area contributed by atoms with Gasteiger partial charge in [0.05, 0.1) is 17.2 Å². The molecule has 1 N–H and O–H groups in total. The molecule has 0 saturated heterocycles. The number of hydrogen-bond donors (Lipinski definition) is 1. The summed E-state index contributed by atoms with van der Waals surface area (Å²) in [6.45, 7) is 7.70. The van der Waals surface area contributed by atoms with Crippen LogP contribution >= 0.6 is 0 Å². The summed E-state index contributed by atoms with van der Waals surface area (Å²) >= 11 is 0. The summed E-state index contributed by atoms with van der Waals surface area (Å²) in [5, 5.41) is 20.0. The SMILES string of the molecule is C=C/C(=C\C)C1CCC(C)(O)C1(OC)c1ccc(C#N)cc1. The van der Waals surface area contributed by atoms with Gasteiger partial charge >= 0.3 is 0 Å². The van der Waals surface area contributed by atoms with Gasteiger partial charge in [0.15, 0.2) is 0 Å². The molecule has 2 rings (SSSR count). The number of rotatable bonds is 4. The molecule has 116 valence electrons. The van der Waals surface area contributed by atoms with Crippen LogP contribution in [0, 0.1) is 17.2 Å². The first-order valence-electron chi connectivity index (χ1n) is 7.53. The molecule has 0 heterocycles. The predicted molar refractivity (Wildman–Crippen MR) is 87.1 cm³/mol. The van der Waals surface area contributed by atoms with Crippen LogP contribution in [0.2, 0.25) is 0 Å². The minimum atomic E-state index is -0.988. The molecule has 0 bridgehead atoms. The van der Waals surface area contributed by atoms with Gasteiger partial charge in [-0.3, -0.25) is 0 Å². The average molecular weight is 297 g/mol. The molecular weight excluding hydrogens is 274 g/mol. The first-order valence-corrected chi connectivity index (χ1v) is 7.53. The molecular formula is C19H23NO2. The van der Waals surface area contributed by atoms with Crippen molar-refractivity contribution in [3.05, 3.63) is 59.7 Å². The quantitative estimate of drug-likeness (QED) is 0.862. The van der Waals surface area contributed by atoms with Gasteiger partial charge in [-0.25, -0.2) is 0 Å². The van der Waals surface area contributed by atoms with Crippen molar-refractivity contribution in [2.75, 3.05) is 7.11 Å². The largest absolute Gasteiger partial charge is 0.387 e. The standard InChI is InChI=1S/C19H23NO2/c1-5-15(6-2)17-11-12-18(3,21)19(17,22-4)16-9-7-14(13-20)8-10-16/h5-10,17,21H,1,11-12H2,2-4H3/b15-6+. The van der Waals surface area contributed by atoms with Gasteiger partial charge in [-0.2, -0.15) is 5.26 Å². The third-order valence-electron chi connectivity index (χ3n) is 4.95. The van der Waals surface area contributed by atoms with E-state index in [2.05, 4.69) is 12.6 Å². The Morgan fingerprint density at radius 3 is 2.55 bits per heavy atom. The molecule has 0 aliphatic heterocycles. The second-order valence-electron chi connectivity index (χ2n) is 5.99. The van der Waals surface area contributed by atoms with Crippen LogP contribution < -0.4 is 0 Å². The summed E-state index contributed by atoms with van der Waals surface area (Å²) in [6, 6.07) is 9.42. The molecule has 0 amide bonds. The smallest absolute Gasteiger partial charge is 0.128 e. The van der Waals surface area contributed by atoms with Crippen LogP contribution in [-0.2, 0) is 10.3 Å². The summed E-state index contributed by atoms with van der Waals surface area (Å²) in [4.78, 5) is 0. The van der Waals surface area contributed by atoms with Crippen LogP contribution in [0.5, 0.6) is 0 Å². The maximum atomic E-state index is 11.0. The van der Waals surface area contributed by atoms with Crippen LogP contribution in [0.25, 0.3) is 0 Å². The highest BCUT2D eigenvalue weighted by Gasteiger charge is 2.59. The fraction of sp³-hybridized carbons (Fsp3) is 0.421. The zero-order valence-electron chi connectivity index (χ0n) is 13.5. The van der Waals surface area contributed by atoms with Crippen molar-refractivity contribution < 1.29 is 9.84 Å². The number of ether oxygens (including phenoxy) is 1. The van der Waals surface area contributed by atoms with Crippen molar-refractivity contribution in [2.24, 2.45) is 5.92 Å². The third-order valence-corrected chi connectivity index (χ3v) is 4.95. The maximum Gasteiger partial charge on any atom is 0.128 e. The molecule has 0 aromatic heterocycles. The molecule has 1 saturated carbocycles. The molecule has 1 aromatic carbocycles. The van der Waals surface area contributed by atoms with Gasteiger partial charge < -0.3 is 9.84 Å². The van der Waals surface area contributed by atoms with E-state index in [1.807, 2.05) is 38.1 Å². The Morgan fingerprint density at radius 1 is 1.45 bits per heavy atom. The Balaban J connectivity index is 2.63. The van der Waals surface area contributed by atoms with Gasteiger partial charge in [0.1, 0.15) is 5.60 Å². The lowest BCUT2D eigenvalue weighted by molar-refractivity contribution is -0.162. The first kappa shape index (κ1) is 16.5. The average Bonchev–Trinajstić information content (AvgIpc) is 2.80. The molecule has 0 spiro atoms. The lowest BCUT2D eigenvalue weighted by atomic mass is 9.73. The van der Waals surface area contributed by atoms with E-state index in [4.69, 9.17) is 10.00 Å². The van der Waals surface area contributed by atoms with E-state index in [-0.39, 0.29) is 5.92 Å². The van der Waals surface area contributed by atoms with Gasteiger partial charge in [-0.1, -0.05) is 30.9 Å². The highest BCUT2D eigenvalue weighted by molar-refractivity contribution is 5.40. The molecule has 1 aliphatic rings. The summed E-state index contributed by atoms with van der Waals surface area (Å²) < 4.78 is 5.95. The lowest BCUT2D eigenvalue weighted by Crippen LogP contribution is -2.50. The van der Waals surface area contributed by atoms with Crippen molar-refractivity contribution >= 4 is 0 Å². The number of aliphatic hydroxyl groups is 1. The number of methoxy groups -OCH3 is 1. The number of allylic oxidation sites excluding steroid dienone is 2. The molecule has 3 atom stereocenters.